The lowest BCUT2D eigenvalue weighted by Crippen LogP contribution is -2.31. The molecular weight excluding hydrogens is 197 g/mol. The molecule has 14 heavy (non-hydrogen) atoms. The summed E-state index contributed by atoms with van der Waals surface area (Å²) in [5.74, 6) is 0. The van der Waals surface area contributed by atoms with Crippen LogP contribution in [0.2, 0.25) is 0 Å². The second kappa shape index (κ2) is 14.5. The Morgan fingerprint density at radius 3 is 1.64 bits per heavy atom. The molecule has 0 saturated heterocycles. The summed E-state index contributed by atoms with van der Waals surface area (Å²) < 4.78 is 0. The van der Waals surface area contributed by atoms with Crippen molar-refractivity contribution in [2.75, 3.05) is 0 Å². The third kappa shape index (κ3) is 9.03. The molecule has 9 heteroatoms. The van der Waals surface area contributed by atoms with Crippen LogP contribution in [0.25, 0.3) is 0 Å². The highest BCUT2D eigenvalue weighted by atomic mass is 16.4. The van der Waals surface area contributed by atoms with Gasteiger partial charge in [0.2, 0.25) is 0 Å². The van der Waals surface area contributed by atoms with Crippen molar-refractivity contribution in [2.24, 2.45) is 0 Å². The zero-order valence-electron chi connectivity index (χ0n) is 7.23. The van der Waals surface area contributed by atoms with Gasteiger partial charge in [-0.15, -0.1) is 0 Å². The predicted octanol–water partition coefficient (Wildman–Crippen LogP) is -5.36. The first-order valence-electron chi connectivity index (χ1n) is 2.58. The van der Waals surface area contributed by atoms with Crippen LogP contribution >= 0.6 is 0 Å². The molecule has 0 aromatic carbocycles. The molecule has 0 saturated carbocycles. The van der Waals surface area contributed by atoms with Crippen LogP contribution < -0.4 is 5.59 Å². The number of pyridine rings is 1. The van der Waals surface area contributed by atoms with Gasteiger partial charge in [-0.2, -0.15) is 0 Å². The summed E-state index contributed by atoms with van der Waals surface area (Å²) in [6.45, 7) is 0. The SMILES string of the molecule is O.O.O.O.O.OB(O)c1ccccn1. The van der Waals surface area contributed by atoms with Crippen molar-refractivity contribution in [2.45, 2.75) is 0 Å². The third-order valence-electron chi connectivity index (χ3n) is 0.952. The summed E-state index contributed by atoms with van der Waals surface area (Å²) in [6.07, 6.45) is 1.51. The van der Waals surface area contributed by atoms with E-state index in [2.05, 4.69) is 4.98 Å². The minimum atomic E-state index is -1.45. The first kappa shape index (κ1) is 29.3. The lowest BCUT2D eigenvalue weighted by atomic mass is 9.86. The average molecular weight is 213 g/mol. The van der Waals surface area contributed by atoms with Gasteiger partial charge in [0.1, 0.15) is 0 Å². The molecular formula is C5H16BNO7. The monoisotopic (exact) mass is 213 g/mol. The van der Waals surface area contributed by atoms with Crippen LogP contribution in [-0.2, 0) is 0 Å². The minimum absolute atomic E-state index is 0. The normalized spacial score (nSPS) is 5.86. The molecule has 0 atom stereocenters. The molecule has 0 aliphatic rings. The Bertz CT molecular complexity index is 185. The van der Waals surface area contributed by atoms with E-state index >= 15 is 0 Å². The maximum absolute atomic E-state index is 8.52. The summed E-state index contributed by atoms with van der Waals surface area (Å²) >= 11 is 0. The molecule has 0 unspecified atom stereocenters. The predicted molar refractivity (Wildman–Crippen MR) is 52.1 cm³/mol. The smallest absolute Gasteiger partial charge is 0.422 e. The highest BCUT2D eigenvalue weighted by Crippen LogP contribution is 1.76. The molecule has 0 spiro atoms. The van der Waals surface area contributed by atoms with Crippen molar-refractivity contribution in [3.05, 3.63) is 24.4 Å². The third-order valence-corrected chi connectivity index (χ3v) is 0.952. The first-order valence-corrected chi connectivity index (χ1v) is 2.58. The van der Waals surface area contributed by atoms with Crippen LogP contribution in [0.1, 0.15) is 0 Å². The Balaban J connectivity index is -0.0000000540. The van der Waals surface area contributed by atoms with E-state index in [0.29, 0.717) is 0 Å². The second-order valence-corrected chi connectivity index (χ2v) is 1.63. The number of aromatic nitrogens is 1. The van der Waals surface area contributed by atoms with E-state index in [4.69, 9.17) is 10.0 Å². The van der Waals surface area contributed by atoms with Crippen LogP contribution in [0.4, 0.5) is 0 Å². The number of hydrogen-bond acceptors (Lipinski definition) is 3. The largest absolute Gasteiger partial charge is 0.508 e. The van der Waals surface area contributed by atoms with Gasteiger partial charge in [0.15, 0.2) is 0 Å². The first-order chi connectivity index (χ1) is 4.30. The Morgan fingerprint density at radius 2 is 1.43 bits per heavy atom. The average Bonchev–Trinajstić information content (AvgIpc) is 1.90. The van der Waals surface area contributed by atoms with E-state index in [9.17, 15) is 0 Å². The summed E-state index contributed by atoms with van der Waals surface area (Å²) in [5, 5.41) is 17.0. The van der Waals surface area contributed by atoms with E-state index in [1.807, 2.05) is 0 Å². The fraction of sp³-hybridized carbons (Fsp3) is 0. The molecule has 0 amide bonds. The van der Waals surface area contributed by atoms with Crippen LogP contribution in [0.3, 0.4) is 0 Å². The Morgan fingerprint density at radius 1 is 0.929 bits per heavy atom. The number of hydrogen-bond donors (Lipinski definition) is 2. The highest BCUT2D eigenvalue weighted by molar-refractivity contribution is 6.57. The Kier molecular flexibility index (Phi) is 30.2. The van der Waals surface area contributed by atoms with Gasteiger partial charge in [-0.1, -0.05) is 6.07 Å². The summed E-state index contributed by atoms with van der Waals surface area (Å²) in [6, 6.07) is 4.96. The second-order valence-electron chi connectivity index (χ2n) is 1.63. The quantitative estimate of drug-likeness (QED) is 0.437. The molecule has 1 aromatic rings. The molecule has 1 aromatic heterocycles. The zero-order chi connectivity index (χ0) is 6.69. The Hall–Kier alpha value is -1.07. The molecule has 86 valence electrons. The van der Waals surface area contributed by atoms with Gasteiger partial charge in [-0.3, -0.25) is 4.98 Å². The topological polar surface area (TPSA) is 211 Å². The maximum atomic E-state index is 8.52. The summed E-state index contributed by atoms with van der Waals surface area (Å²) in [7, 11) is -1.45. The number of rotatable bonds is 1. The van der Waals surface area contributed by atoms with Gasteiger partial charge in [0, 0.05) is 6.20 Å². The van der Waals surface area contributed by atoms with Gasteiger partial charge in [0.25, 0.3) is 0 Å². The lowest BCUT2D eigenvalue weighted by molar-refractivity contribution is 0.424. The fourth-order valence-corrected chi connectivity index (χ4v) is 0.529. The van der Waals surface area contributed by atoms with Crippen LogP contribution in [0.15, 0.2) is 24.4 Å². The van der Waals surface area contributed by atoms with Gasteiger partial charge in [0.05, 0.1) is 5.59 Å². The van der Waals surface area contributed by atoms with E-state index in [1.165, 1.54) is 6.20 Å². The molecule has 12 N–H and O–H groups in total. The van der Waals surface area contributed by atoms with Crippen molar-refractivity contribution in [3.8, 4) is 0 Å². The molecule has 0 fully saturated rings. The molecule has 0 aliphatic carbocycles. The van der Waals surface area contributed by atoms with Crippen LogP contribution in [0, 0.1) is 0 Å². The van der Waals surface area contributed by atoms with Crippen molar-refractivity contribution >= 4 is 12.7 Å². The zero-order valence-corrected chi connectivity index (χ0v) is 7.23. The van der Waals surface area contributed by atoms with Crippen molar-refractivity contribution in [1.29, 1.82) is 0 Å². The molecule has 8 nitrogen and oxygen atoms in total. The van der Waals surface area contributed by atoms with Gasteiger partial charge >= 0.3 is 7.12 Å². The Labute approximate surface area is 80.5 Å². The fourth-order valence-electron chi connectivity index (χ4n) is 0.529. The van der Waals surface area contributed by atoms with Crippen LogP contribution in [-0.4, -0.2) is 49.5 Å². The molecule has 0 aliphatic heterocycles. The van der Waals surface area contributed by atoms with Gasteiger partial charge in [-0.25, -0.2) is 0 Å². The van der Waals surface area contributed by atoms with Crippen molar-refractivity contribution < 1.29 is 37.4 Å². The van der Waals surface area contributed by atoms with Crippen molar-refractivity contribution in [1.82, 2.24) is 4.98 Å². The minimum Gasteiger partial charge on any atom is -0.422 e. The van der Waals surface area contributed by atoms with E-state index in [0.717, 1.165) is 0 Å². The summed E-state index contributed by atoms with van der Waals surface area (Å²) in [5.41, 5.74) is 0.275. The summed E-state index contributed by atoms with van der Waals surface area (Å²) in [4.78, 5) is 3.68. The highest BCUT2D eigenvalue weighted by Gasteiger charge is 2.09. The van der Waals surface area contributed by atoms with E-state index in [1.54, 1.807) is 18.2 Å². The number of nitrogens with zero attached hydrogens (tertiary/aromatic N) is 1. The standard InChI is InChI=1S/C5H6BNO2.5H2O/c8-6(9)5-3-1-2-4-7-5;;;;;/h1-4,8-9H;5*1H2. The van der Waals surface area contributed by atoms with Crippen molar-refractivity contribution in [3.63, 3.8) is 0 Å². The van der Waals surface area contributed by atoms with Gasteiger partial charge < -0.3 is 37.4 Å². The molecule has 0 bridgehead atoms. The lowest BCUT2D eigenvalue weighted by Gasteiger charge is -1.93. The molecule has 0 radical (unpaired) electrons. The van der Waals surface area contributed by atoms with Crippen LogP contribution in [0.5, 0.6) is 0 Å². The molecule has 1 heterocycles. The van der Waals surface area contributed by atoms with E-state index < -0.39 is 7.12 Å². The maximum Gasteiger partial charge on any atom is 0.508 e. The molecule has 1 rings (SSSR count). The van der Waals surface area contributed by atoms with E-state index in [-0.39, 0.29) is 33.0 Å². The van der Waals surface area contributed by atoms with Gasteiger partial charge in [-0.05, 0) is 12.1 Å².